The third-order valence-electron chi connectivity index (χ3n) is 3.37. The molecule has 0 atom stereocenters. The maximum Gasteiger partial charge on any atom is 0.338 e. The number of hydrogen-bond donors (Lipinski definition) is 0. The van der Waals surface area contributed by atoms with E-state index >= 15 is 0 Å². The van der Waals surface area contributed by atoms with E-state index in [4.69, 9.17) is 10.00 Å². The molecule has 0 saturated heterocycles. The Balaban J connectivity index is 2.21. The maximum absolute atomic E-state index is 12.6. The van der Waals surface area contributed by atoms with Gasteiger partial charge in [0.2, 0.25) is 10.0 Å². The molecule has 22 heavy (non-hydrogen) atoms. The lowest BCUT2D eigenvalue weighted by Crippen LogP contribution is -2.34. The highest BCUT2D eigenvalue weighted by Crippen LogP contribution is 2.32. The first-order valence-electron chi connectivity index (χ1n) is 7.16. The van der Waals surface area contributed by atoms with Crippen molar-refractivity contribution in [3.05, 3.63) is 29.8 Å². The smallest absolute Gasteiger partial charge is 0.338 e. The fraction of sp³-hybridized carbons (Fsp3) is 0.467. The molecular formula is C15H18N2O4S. The van der Waals surface area contributed by atoms with Crippen LogP contribution in [0.25, 0.3) is 0 Å². The number of nitrogens with zero attached hydrogens (tertiary/aromatic N) is 2. The molecular weight excluding hydrogens is 304 g/mol. The van der Waals surface area contributed by atoms with Crippen molar-refractivity contribution >= 4 is 16.0 Å². The molecule has 2 rings (SSSR count). The highest BCUT2D eigenvalue weighted by molar-refractivity contribution is 7.89. The molecule has 1 fully saturated rings. The normalized spacial score (nSPS) is 14.6. The van der Waals surface area contributed by atoms with Crippen molar-refractivity contribution < 1.29 is 17.9 Å². The van der Waals surface area contributed by atoms with Gasteiger partial charge in [0.1, 0.15) is 0 Å². The van der Waals surface area contributed by atoms with Gasteiger partial charge in [0.05, 0.1) is 23.1 Å². The predicted molar refractivity (Wildman–Crippen MR) is 79.5 cm³/mol. The first-order chi connectivity index (χ1) is 10.5. The lowest BCUT2D eigenvalue weighted by atomic mass is 10.2. The minimum Gasteiger partial charge on any atom is -0.462 e. The number of benzene rings is 1. The third kappa shape index (κ3) is 3.64. The van der Waals surface area contributed by atoms with Crippen molar-refractivity contribution in [3.63, 3.8) is 0 Å². The molecule has 0 heterocycles. The fourth-order valence-corrected chi connectivity index (χ4v) is 3.82. The topological polar surface area (TPSA) is 87.5 Å². The number of nitriles is 1. The van der Waals surface area contributed by atoms with Crippen molar-refractivity contribution in [3.8, 4) is 6.07 Å². The summed E-state index contributed by atoms with van der Waals surface area (Å²) >= 11 is 0. The number of sulfonamides is 1. The van der Waals surface area contributed by atoms with E-state index in [-0.39, 0.29) is 30.5 Å². The zero-order chi connectivity index (χ0) is 16.2. The van der Waals surface area contributed by atoms with Gasteiger partial charge < -0.3 is 4.74 Å². The largest absolute Gasteiger partial charge is 0.462 e. The minimum absolute atomic E-state index is 0.0110. The molecule has 1 aliphatic rings. The molecule has 0 radical (unpaired) electrons. The monoisotopic (exact) mass is 322 g/mol. The maximum atomic E-state index is 12.6. The molecule has 0 spiro atoms. The number of rotatable bonds is 7. The predicted octanol–water partition coefficient (Wildman–Crippen LogP) is 1.93. The summed E-state index contributed by atoms with van der Waals surface area (Å²) in [5.41, 5.74) is 0.316. The van der Waals surface area contributed by atoms with Crippen LogP contribution < -0.4 is 0 Å². The van der Waals surface area contributed by atoms with E-state index in [9.17, 15) is 13.2 Å². The van der Waals surface area contributed by atoms with Crippen LogP contribution in [0.15, 0.2) is 29.2 Å². The molecule has 118 valence electrons. The van der Waals surface area contributed by atoms with Crippen LogP contribution >= 0.6 is 0 Å². The molecule has 1 aromatic carbocycles. The highest BCUT2D eigenvalue weighted by Gasteiger charge is 2.37. The SMILES string of the molecule is CCOC(=O)c1ccc(S(=O)(=O)N(CCC#N)C2CC2)cc1. The molecule has 0 unspecified atom stereocenters. The molecule has 0 aromatic heterocycles. The number of carbonyl (C=O) groups is 1. The van der Waals surface area contributed by atoms with Crippen LogP contribution in [0.5, 0.6) is 0 Å². The van der Waals surface area contributed by atoms with Crippen LogP contribution in [0.4, 0.5) is 0 Å². The third-order valence-corrected chi connectivity index (χ3v) is 5.34. The molecule has 1 saturated carbocycles. The summed E-state index contributed by atoms with van der Waals surface area (Å²) in [5.74, 6) is -0.477. The Morgan fingerprint density at radius 1 is 1.36 bits per heavy atom. The summed E-state index contributed by atoms with van der Waals surface area (Å²) in [6.07, 6.45) is 1.81. The molecule has 1 aliphatic carbocycles. The summed E-state index contributed by atoms with van der Waals surface area (Å²) in [6.45, 7) is 2.17. The Bertz CT molecular complexity index is 672. The fourth-order valence-electron chi connectivity index (χ4n) is 2.13. The summed E-state index contributed by atoms with van der Waals surface area (Å²) < 4.78 is 31.5. The molecule has 0 amide bonds. The van der Waals surface area contributed by atoms with E-state index in [1.165, 1.54) is 28.6 Å². The van der Waals surface area contributed by atoms with Gasteiger partial charge in [-0.2, -0.15) is 9.57 Å². The van der Waals surface area contributed by atoms with Crippen LogP contribution in [-0.4, -0.2) is 37.9 Å². The zero-order valence-electron chi connectivity index (χ0n) is 12.4. The van der Waals surface area contributed by atoms with Crippen LogP contribution in [0.3, 0.4) is 0 Å². The van der Waals surface area contributed by atoms with E-state index in [2.05, 4.69) is 0 Å². The second-order valence-electron chi connectivity index (χ2n) is 5.00. The molecule has 0 bridgehead atoms. The summed E-state index contributed by atoms with van der Waals surface area (Å²) in [6, 6.07) is 7.67. The molecule has 1 aromatic rings. The van der Waals surface area contributed by atoms with Crippen LogP contribution in [-0.2, 0) is 14.8 Å². The Morgan fingerprint density at radius 3 is 2.50 bits per heavy atom. The molecule has 0 N–H and O–H groups in total. The number of hydrogen-bond acceptors (Lipinski definition) is 5. The average molecular weight is 322 g/mol. The average Bonchev–Trinajstić information content (AvgIpc) is 3.32. The van der Waals surface area contributed by atoms with Crippen molar-refractivity contribution in [2.24, 2.45) is 0 Å². The van der Waals surface area contributed by atoms with Crippen molar-refractivity contribution in [2.45, 2.75) is 37.1 Å². The lowest BCUT2D eigenvalue weighted by molar-refractivity contribution is 0.0526. The van der Waals surface area contributed by atoms with Crippen LogP contribution in [0.2, 0.25) is 0 Å². The quantitative estimate of drug-likeness (QED) is 0.716. The Labute approximate surface area is 130 Å². The van der Waals surface area contributed by atoms with E-state index in [0.29, 0.717) is 5.56 Å². The van der Waals surface area contributed by atoms with E-state index < -0.39 is 16.0 Å². The van der Waals surface area contributed by atoms with Crippen molar-refractivity contribution in [1.82, 2.24) is 4.31 Å². The van der Waals surface area contributed by atoms with E-state index in [1.807, 2.05) is 6.07 Å². The summed E-state index contributed by atoms with van der Waals surface area (Å²) in [7, 11) is -3.63. The van der Waals surface area contributed by atoms with Gasteiger partial charge in [-0.05, 0) is 44.0 Å². The highest BCUT2D eigenvalue weighted by atomic mass is 32.2. The standard InChI is InChI=1S/C15H18N2O4S/c1-2-21-15(18)12-4-8-14(9-5-12)22(19,20)17(11-3-10-16)13-6-7-13/h4-5,8-9,13H,2-3,6-7,11H2,1H3. The summed E-state index contributed by atoms with van der Waals surface area (Å²) in [4.78, 5) is 11.7. The van der Waals surface area contributed by atoms with Gasteiger partial charge in [0.25, 0.3) is 0 Å². The van der Waals surface area contributed by atoms with E-state index in [0.717, 1.165) is 12.8 Å². The zero-order valence-corrected chi connectivity index (χ0v) is 13.2. The molecule has 7 heteroatoms. The van der Waals surface area contributed by atoms with Crippen LogP contribution in [0, 0.1) is 11.3 Å². The Hall–Kier alpha value is -1.91. The van der Waals surface area contributed by atoms with Gasteiger partial charge in [0, 0.05) is 19.0 Å². The molecule has 0 aliphatic heterocycles. The number of ether oxygens (including phenoxy) is 1. The first kappa shape index (κ1) is 16.5. The minimum atomic E-state index is -3.63. The van der Waals surface area contributed by atoms with Gasteiger partial charge >= 0.3 is 5.97 Å². The second-order valence-corrected chi connectivity index (χ2v) is 6.89. The van der Waals surface area contributed by atoms with Gasteiger partial charge in [-0.3, -0.25) is 0 Å². The molecule has 6 nitrogen and oxygen atoms in total. The number of carbonyl (C=O) groups excluding carboxylic acids is 1. The second kappa shape index (κ2) is 6.90. The van der Waals surface area contributed by atoms with Crippen molar-refractivity contribution in [1.29, 1.82) is 5.26 Å². The van der Waals surface area contributed by atoms with Gasteiger partial charge in [-0.15, -0.1) is 0 Å². The van der Waals surface area contributed by atoms with Gasteiger partial charge in [-0.25, -0.2) is 13.2 Å². The van der Waals surface area contributed by atoms with Gasteiger partial charge in [0.15, 0.2) is 0 Å². The Morgan fingerprint density at radius 2 is 2.00 bits per heavy atom. The lowest BCUT2D eigenvalue weighted by Gasteiger charge is -2.20. The Kier molecular flexibility index (Phi) is 5.16. The van der Waals surface area contributed by atoms with E-state index in [1.54, 1.807) is 6.92 Å². The first-order valence-corrected chi connectivity index (χ1v) is 8.60. The van der Waals surface area contributed by atoms with Crippen LogP contribution in [0.1, 0.15) is 36.5 Å². The van der Waals surface area contributed by atoms with Crippen molar-refractivity contribution in [2.75, 3.05) is 13.2 Å². The number of esters is 1. The van der Waals surface area contributed by atoms with Gasteiger partial charge in [-0.1, -0.05) is 0 Å². The summed E-state index contributed by atoms with van der Waals surface area (Å²) in [5, 5.41) is 8.68.